The van der Waals surface area contributed by atoms with Gasteiger partial charge in [0.25, 0.3) is 0 Å². The van der Waals surface area contributed by atoms with Crippen molar-refractivity contribution in [3.8, 4) is 0 Å². The van der Waals surface area contributed by atoms with Crippen LogP contribution in [0.3, 0.4) is 0 Å². The van der Waals surface area contributed by atoms with Gasteiger partial charge < -0.3 is 0 Å². The summed E-state index contributed by atoms with van der Waals surface area (Å²) in [6.45, 7) is 2.05. The first-order chi connectivity index (χ1) is 8.61. The Morgan fingerprint density at radius 3 is 2.89 bits per heavy atom. The van der Waals surface area contributed by atoms with Gasteiger partial charge in [-0.2, -0.15) is 0 Å². The van der Waals surface area contributed by atoms with Crippen LogP contribution in [0.4, 0.5) is 10.5 Å². The number of nitrogen functional groups attached to an aromatic ring is 1. The third-order valence-corrected chi connectivity index (χ3v) is 10.2. The Morgan fingerprint density at radius 1 is 1.39 bits per heavy atom. The van der Waals surface area contributed by atoms with Crippen LogP contribution < -0.4 is 8.81 Å². The van der Waals surface area contributed by atoms with E-state index >= 15 is 0 Å². The van der Waals surface area contributed by atoms with Crippen molar-refractivity contribution < 1.29 is 33.6 Å². The van der Waals surface area contributed by atoms with Gasteiger partial charge in [0.1, 0.15) is 0 Å². The fourth-order valence-electron chi connectivity index (χ4n) is 1.98. The van der Waals surface area contributed by atoms with Crippen LogP contribution in [0.2, 0.25) is 0 Å². The molecule has 0 atom stereocenters. The van der Waals surface area contributed by atoms with Gasteiger partial charge in [-0.25, -0.2) is 0 Å². The molecular formula is C13H13HgNO2S. The van der Waals surface area contributed by atoms with Crippen LogP contribution in [-0.2, 0) is 28.8 Å². The summed E-state index contributed by atoms with van der Waals surface area (Å²) in [5.41, 5.74) is 7.91. The third-order valence-electron chi connectivity index (χ3n) is 2.88. The second-order valence-corrected chi connectivity index (χ2v) is 11.2. The van der Waals surface area contributed by atoms with Gasteiger partial charge in [0.15, 0.2) is 0 Å². The van der Waals surface area contributed by atoms with Gasteiger partial charge in [-0.1, -0.05) is 0 Å². The molecule has 0 aliphatic carbocycles. The van der Waals surface area contributed by atoms with Crippen molar-refractivity contribution in [2.75, 3.05) is 12.0 Å². The molecule has 5 heteroatoms. The van der Waals surface area contributed by atoms with Crippen molar-refractivity contribution in [2.45, 2.75) is 6.92 Å². The number of hydrogen-bond donors (Lipinski definition) is 1. The molecule has 2 aromatic rings. The van der Waals surface area contributed by atoms with Crippen LogP contribution in [0.25, 0.3) is 10.8 Å². The summed E-state index contributed by atoms with van der Waals surface area (Å²) in [6.07, 6.45) is 1.76. The molecular weight excluding hydrogens is 435 g/mol. The Kier molecular flexibility index (Phi) is 4.51. The van der Waals surface area contributed by atoms with E-state index in [1.807, 2.05) is 25.1 Å². The Bertz CT molecular complexity index is 601. The van der Waals surface area contributed by atoms with Crippen molar-refractivity contribution >= 4 is 35.1 Å². The molecule has 0 unspecified atom stereocenters. The fraction of sp³-hybridized carbons (Fsp3) is 0.154. The topological polar surface area (TPSA) is 52.3 Å². The van der Waals surface area contributed by atoms with Gasteiger partial charge in [0.2, 0.25) is 0 Å². The van der Waals surface area contributed by atoms with Gasteiger partial charge in [0.05, 0.1) is 0 Å². The molecule has 90 valence electrons. The summed E-state index contributed by atoms with van der Waals surface area (Å²) in [5, 5.41) is 2.16. The predicted octanol–water partition coefficient (Wildman–Crippen LogP) is 2.85. The summed E-state index contributed by atoms with van der Waals surface area (Å²) in [5.74, 6) is 0. The first kappa shape index (κ1) is 13.7. The second kappa shape index (κ2) is 5.93. The minimum atomic E-state index is -1.87. The summed E-state index contributed by atoms with van der Waals surface area (Å²) in [7, 11) is 0. The number of carbonyl (C=O) groups excluding carboxylic acids is 1. The van der Waals surface area contributed by atoms with Crippen LogP contribution >= 0.6 is 12.0 Å². The Hall–Kier alpha value is -0.745. The zero-order chi connectivity index (χ0) is 13.1. The van der Waals surface area contributed by atoms with Gasteiger partial charge in [0, 0.05) is 0 Å². The molecule has 0 radical (unpaired) electrons. The number of benzene rings is 2. The molecule has 0 amide bonds. The standard InChI is InChI=1S/C11H10N.C2H3O2S.Hg/c1-8-5-6-10-9(7-8)3-2-4-11(10)12;1-5-4-2-3;/h2-4,6-7H,12H2,1H3;1H3;. The summed E-state index contributed by atoms with van der Waals surface area (Å²) < 4.78 is 6.15. The number of fused-ring (bicyclic) bond motifs is 1. The van der Waals surface area contributed by atoms with E-state index in [4.69, 9.17) is 9.92 Å². The minimum absolute atomic E-state index is 0.0144. The zero-order valence-corrected chi connectivity index (χ0v) is 16.7. The molecule has 2 aromatic carbocycles. The van der Waals surface area contributed by atoms with Crippen LogP contribution in [0, 0.1) is 6.92 Å². The van der Waals surface area contributed by atoms with Gasteiger partial charge in [-0.15, -0.1) is 0 Å². The quantitative estimate of drug-likeness (QED) is 0.446. The maximum atomic E-state index is 11.6. The molecule has 0 spiro atoms. The average molecular weight is 448 g/mol. The van der Waals surface area contributed by atoms with E-state index in [0.717, 1.165) is 28.5 Å². The molecule has 0 fully saturated rings. The number of carbonyl (C=O) groups is 1. The molecule has 3 nitrogen and oxygen atoms in total. The van der Waals surface area contributed by atoms with E-state index in [0.29, 0.717) is 0 Å². The van der Waals surface area contributed by atoms with E-state index in [9.17, 15) is 4.79 Å². The van der Waals surface area contributed by atoms with E-state index < -0.39 is 24.6 Å². The summed E-state index contributed by atoms with van der Waals surface area (Å²) in [6, 6.07) is 10.1. The first-order valence-electron chi connectivity index (χ1n) is 5.63. The Balaban J connectivity index is 2.42. The number of hydrogen-bond acceptors (Lipinski definition) is 4. The average Bonchev–Trinajstić information content (AvgIpc) is 2.31. The van der Waals surface area contributed by atoms with Crippen molar-refractivity contribution in [2.24, 2.45) is 0 Å². The number of rotatable bonds is 3. The maximum absolute atomic E-state index is 11.6. The second-order valence-electron chi connectivity index (χ2n) is 4.15. The molecule has 2 N–H and O–H groups in total. The first-order valence-corrected chi connectivity index (χ1v) is 12.3. The van der Waals surface area contributed by atoms with E-state index in [1.165, 1.54) is 8.64 Å². The normalized spacial score (nSPS) is 10.1. The molecule has 0 aromatic heterocycles. The number of nitrogens with two attached hydrogens (primary N) is 1. The Labute approximate surface area is 123 Å². The van der Waals surface area contributed by atoms with Gasteiger partial charge >= 0.3 is 123 Å². The van der Waals surface area contributed by atoms with E-state index in [-0.39, 0.29) is 3.48 Å². The molecule has 0 heterocycles. The molecule has 0 aliphatic heterocycles. The molecule has 2 rings (SSSR count). The molecule has 0 saturated heterocycles. The SMILES string of the molecule is CSO[C](=O)[Hg][c]1cc2c(N)cccc2cc1C. The molecule has 0 aliphatic rings. The van der Waals surface area contributed by atoms with E-state index in [2.05, 4.69) is 12.1 Å². The third kappa shape index (κ3) is 2.98. The van der Waals surface area contributed by atoms with Crippen molar-refractivity contribution in [3.63, 3.8) is 0 Å². The molecule has 0 bridgehead atoms. The van der Waals surface area contributed by atoms with Gasteiger partial charge in [-0.05, 0) is 0 Å². The van der Waals surface area contributed by atoms with Crippen LogP contribution in [-0.4, -0.2) is 9.73 Å². The van der Waals surface area contributed by atoms with Crippen LogP contribution in [0.5, 0.6) is 0 Å². The predicted molar refractivity (Wildman–Crippen MR) is 72.7 cm³/mol. The van der Waals surface area contributed by atoms with Crippen LogP contribution in [0.15, 0.2) is 30.3 Å². The van der Waals surface area contributed by atoms with Crippen LogP contribution in [0.1, 0.15) is 5.56 Å². The van der Waals surface area contributed by atoms with Crippen molar-refractivity contribution in [3.05, 3.63) is 35.9 Å². The fourth-order valence-corrected chi connectivity index (χ4v) is 8.16. The van der Waals surface area contributed by atoms with Gasteiger partial charge in [-0.3, -0.25) is 0 Å². The van der Waals surface area contributed by atoms with E-state index in [1.54, 1.807) is 6.26 Å². The Morgan fingerprint density at radius 2 is 2.17 bits per heavy atom. The zero-order valence-electron chi connectivity index (χ0n) is 10.4. The summed E-state index contributed by atoms with van der Waals surface area (Å²) >= 11 is -0.752. The van der Waals surface area contributed by atoms with Crippen molar-refractivity contribution in [1.29, 1.82) is 0 Å². The molecule has 0 saturated carbocycles. The van der Waals surface area contributed by atoms with Crippen molar-refractivity contribution in [1.82, 2.24) is 0 Å². The number of anilines is 1. The monoisotopic (exact) mass is 449 g/mol. The summed E-state index contributed by atoms with van der Waals surface area (Å²) in [4.78, 5) is 11.6. The number of aryl methyl sites for hydroxylation is 1. The molecule has 18 heavy (non-hydrogen) atoms.